The summed E-state index contributed by atoms with van der Waals surface area (Å²) in [6.07, 6.45) is 3.40. The van der Waals surface area contributed by atoms with Crippen molar-refractivity contribution >= 4 is 29.2 Å². The number of cyclic esters (lactones) is 1. The van der Waals surface area contributed by atoms with Crippen LogP contribution in [-0.4, -0.2) is 132 Å². The van der Waals surface area contributed by atoms with Crippen LogP contribution in [0.1, 0.15) is 106 Å². The van der Waals surface area contributed by atoms with E-state index in [1.807, 2.05) is 32.3 Å². The molecule has 4 aliphatic rings. The summed E-state index contributed by atoms with van der Waals surface area (Å²) in [6, 6.07) is -2.87. The maximum absolute atomic E-state index is 14.3. The van der Waals surface area contributed by atoms with E-state index in [0.717, 1.165) is 10.5 Å². The molecule has 15 heteroatoms. The van der Waals surface area contributed by atoms with E-state index >= 15 is 0 Å². The summed E-state index contributed by atoms with van der Waals surface area (Å²) in [6.45, 7) is 10.6. The highest BCUT2D eigenvalue weighted by molar-refractivity contribution is 6.39. The van der Waals surface area contributed by atoms with E-state index in [1.54, 1.807) is 19.9 Å². The Morgan fingerprint density at radius 1 is 0.948 bits per heavy atom. The SMILES string of the molecule is CCC1C=C(C)CC(C)CC(OC)C2OC(O)(C(=O)C(=O)N3CCCCC3C(=O)OC(C(C)=CC3CCC(O)C(OC)C3)C(C)C(=O)C(NO)C1=O)C(C)CC2OC. The first-order valence-corrected chi connectivity index (χ1v) is 21.0. The van der Waals surface area contributed by atoms with Gasteiger partial charge in [0.1, 0.15) is 24.3 Å². The van der Waals surface area contributed by atoms with Crippen molar-refractivity contribution in [3.05, 3.63) is 23.3 Å². The molecule has 328 valence electrons. The lowest BCUT2D eigenvalue weighted by Gasteiger charge is -2.47. The van der Waals surface area contributed by atoms with Crippen molar-refractivity contribution in [3.63, 3.8) is 0 Å². The normalized spacial score (nSPS) is 39.7. The van der Waals surface area contributed by atoms with E-state index in [0.29, 0.717) is 56.9 Å². The van der Waals surface area contributed by atoms with Crippen LogP contribution in [0.4, 0.5) is 0 Å². The van der Waals surface area contributed by atoms with Crippen LogP contribution in [0.15, 0.2) is 23.3 Å². The van der Waals surface area contributed by atoms with Gasteiger partial charge in [0, 0.05) is 39.7 Å². The van der Waals surface area contributed by atoms with Gasteiger partial charge in [-0.15, -0.1) is 0 Å². The zero-order valence-corrected chi connectivity index (χ0v) is 35.8. The van der Waals surface area contributed by atoms with Gasteiger partial charge in [0.05, 0.1) is 30.3 Å². The van der Waals surface area contributed by atoms with Crippen molar-refractivity contribution in [1.29, 1.82) is 0 Å². The molecule has 2 saturated heterocycles. The van der Waals surface area contributed by atoms with Crippen LogP contribution in [0.5, 0.6) is 0 Å². The van der Waals surface area contributed by atoms with Crippen molar-refractivity contribution in [2.75, 3.05) is 27.9 Å². The number of aliphatic hydroxyl groups is 2. The van der Waals surface area contributed by atoms with Gasteiger partial charge in [-0.3, -0.25) is 19.2 Å². The van der Waals surface area contributed by atoms with Crippen LogP contribution in [0.3, 0.4) is 0 Å². The number of piperidine rings is 1. The molecule has 0 aromatic rings. The number of carbonyl (C=O) groups excluding carboxylic acids is 5. The fourth-order valence-corrected chi connectivity index (χ4v) is 9.48. The molecule has 1 saturated carbocycles. The zero-order valence-electron chi connectivity index (χ0n) is 35.8. The number of ether oxygens (including phenoxy) is 5. The second kappa shape index (κ2) is 21.1. The van der Waals surface area contributed by atoms with Crippen LogP contribution in [0.25, 0.3) is 0 Å². The van der Waals surface area contributed by atoms with Crippen molar-refractivity contribution in [1.82, 2.24) is 10.4 Å². The number of rotatable bonds is 7. The average molecular weight is 821 g/mol. The Bertz CT molecular complexity index is 1530. The first-order valence-electron chi connectivity index (χ1n) is 21.0. The second-order valence-corrected chi connectivity index (χ2v) is 17.2. The number of nitrogens with one attached hydrogen (secondary N) is 1. The maximum atomic E-state index is 14.3. The highest BCUT2D eigenvalue weighted by Gasteiger charge is 2.56. The molecule has 0 aromatic carbocycles. The highest BCUT2D eigenvalue weighted by Crippen LogP contribution is 2.39. The topological polar surface area (TPSA) is 207 Å². The molecule has 0 radical (unpaired) electrons. The maximum Gasteiger partial charge on any atom is 0.329 e. The number of allylic oxidation sites excluding steroid dienone is 3. The number of hydroxylamine groups is 1. The molecule has 2 bridgehead atoms. The molecule has 58 heavy (non-hydrogen) atoms. The molecule has 4 N–H and O–H groups in total. The summed E-state index contributed by atoms with van der Waals surface area (Å²) in [4.78, 5) is 72.3. The Hall–Kier alpha value is -2.89. The van der Waals surface area contributed by atoms with Gasteiger partial charge in [0.25, 0.3) is 11.7 Å². The molecule has 14 atom stereocenters. The molecule has 0 aromatic heterocycles. The van der Waals surface area contributed by atoms with Crippen molar-refractivity contribution in [2.24, 2.45) is 29.6 Å². The van der Waals surface area contributed by atoms with E-state index in [9.17, 15) is 39.4 Å². The number of methoxy groups -OCH3 is 3. The van der Waals surface area contributed by atoms with Gasteiger partial charge in [0.2, 0.25) is 5.79 Å². The molecular weight excluding hydrogens is 752 g/mol. The van der Waals surface area contributed by atoms with E-state index in [-0.39, 0.29) is 31.2 Å². The molecule has 14 unspecified atom stereocenters. The number of amides is 1. The summed E-state index contributed by atoms with van der Waals surface area (Å²) in [7, 11) is 4.53. The molecule has 1 aliphatic carbocycles. The number of Topliss-reactive ketones (excluding diaryl/α,β-unsaturated/α-hetero) is 3. The lowest BCUT2D eigenvalue weighted by molar-refractivity contribution is -0.302. The minimum atomic E-state index is -2.55. The lowest BCUT2D eigenvalue weighted by Crippen LogP contribution is -2.64. The van der Waals surface area contributed by atoms with Crippen molar-refractivity contribution in [2.45, 2.75) is 160 Å². The lowest BCUT2D eigenvalue weighted by atomic mass is 9.81. The fourth-order valence-electron chi connectivity index (χ4n) is 9.48. The van der Waals surface area contributed by atoms with Crippen LogP contribution >= 0.6 is 0 Å². The molecular formula is C43H68N2O13. The number of nitrogens with zero attached hydrogens (tertiary/aromatic N) is 1. The average Bonchev–Trinajstić information content (AvgIpc) is 3.21. The first kappa shape index (κ1) is 47.8. The summed E-state index contributed by atoms with van der Waals surface area (Å²) in [5, 5.41) is 32.8. The molecule has 3 aliphatic heterocycles. The predicted molar refractivity (Wildman–Crippen MR) is 211 cm³/mol. The Labute approximate surface area is 343 Å². The quantitative estimate of drug-likeness (QED) is 0.0952. The van der Waals surface area contributed by atoms with Crippen LogP contribution in [0, 0.1) is 29.6 Å². The van der Waals surface area contributed by atoms with E-state index in [4.69, 9.17) is 23.7 Å². The zero-order chi connectivity index (χ0) is 43.1. The highest BCUT2D eigenvalue weighted by atomic mass is 16.7. The standard InChI is InChI=1S/C43H68N2O13/c1-10-29-18-23(2)17-24(3)19-33(55-8)39-34(56-9)21-26(5)43(52,58-39)40(49)41(50)45-16-12-11-13-30(45)42(51)57-38(27(6)36(47)35(44-53)37(29)48)25(4)20-28-14-15-31(46)32(22-28)54-7/h18,20,24,26-35,38-39,44,46,52-53H,10-17,19,21-22H2,1-9H3. The van der Waals surface area contributed by atoms with Crippen molar-refractivity contribution < 1.29 is 63.1 Å². The monoisotopic (exact) mass is 820 g/mol. The summed E-state index contributed by atoms with van der Waals surface area (Å²) < 4.78 is 29.6. The Kier molecular flexibility index (Phi) is 17.4. The largest absolute Gasteiger partial charge is 0.456 e. The molecule has 4 rings (SSSR count). The summed E-state index contributed by atoms with van der Waals surface area (Å²) in [5.74, 6) is -9.86. The van der Waals surface area contributed by atoms with Gasteiger partial charge in [0.15, 0.2) is 11.6 Å². The smallest absolute Gasteiger partial charge is 0.329 e. The molecule has 3 heterocycles. The van der Waals surface area contributed by atoms with Gasteiger partial charge in [-0.25, -0.2) is 4.79 Å². The van der Waals surface area contributed by atoms with E-state index in [2.05, 4.69) is 0 Å². The molecule has 3 fully saturated rings. The fraction of sp³-hybridized carbons (Fsp3) is 0.791. The third-order valence-electron chi connectivity index (χ3n) is 13.0. The Morgan fingerprint density at radius 3 is 2.22 bits per heavy atom. The number of ketones is 3. The number of esters is 1. The molecule has 0 spiro atoms. The van der Waals surface area contributed by atoms with Gasteiger partial charge in [-0.1, -0.05) is 45.4 Å². The third kappa shape index (κ3) is 10.7. The number of hydrogen-bond donors (Lipinski definition) is 4. The number of hydrogen-bond acceptors (Lipinski definition) is 14. The van der Waals surface area contributed by atoms with Gasteiger partial charge >= 0.3 is 5.97 Å². The van der Waals surface area contributed by atoms with Crippen LogP contribution in [-0.2, 0) is 47.7 Å². The first-order chi connectivity index (χ1) is 27.4. The minimum absolute atomic E-state index is 0.0314. The Balaban J connectivity index is 1.82. The van der Waals surface area contributed by atoms with Gasteiger partial charge < -0.3 is 44.0 Å². The molecule has 15 nitrogen and oxygen atoms in total. The minimum Gasteiger partial charge on any atom is -0.456 e. The van der Waals surface area contributed by atoms with E-state index < -0.39 is 101 Å². The number of aliphatic hydroxyl groups excluding tert-OH is 1. The Morgan fingerprint density at radius 2 is 1.60 bits per heavy atom. The van der Waals surface area contributed by atoms with E-state index in [1.165, 1.54) is 28.3 Å². The van der Waals surface area contributed by atoms with Gasteiger partial charge in [-0.2, -0.15) is 5.48 Å². The van der Waals surface area contributed by atoms with Crippen molar-refractivity contribution in [3.8, 4) is 0 Å². The number of fused-ring (bicyclic) bond motifs is 3. The summed E-state index contributed by atoms with van der Waals surface area (Å²) in [5.41, 5.74) is 3.31. The predicted octanol–water partition coefficient (Wildman–Crippen LogP) is 3.64. The third-order valence-corrected chi connectivity index (χ3v) is 13.0. The second-order valence-electron chi connectivity index (χ2n) is 17.2. The van der Waals surface area contributed by atoms with Crippen LogP contribution < -0.4 is 5.48 Å². The summed E-state index contributed by atoms with van der Waals surface area (Å²) >= 11 is 0. The van der Waals surface area contributed by atoms with Crippen LogP contribution in [0.2, 0.25) is 0 Å². The number of carbonyl (C=O) groups is 5. The van der Waals surface area contributed by atoms with Gasteiger partial charge in [-0.05, 0) is 95.5 Å². The molecule has 1 amide bonds.